The van der Waals surface area contributed by atoms with Gasteiger partial charge < -0.3 is 0 Å². The summed E-state index contributed by atoms with van der Waals surface area (Å²) in [6.07, 6.45) is 19.0. The quantitative estimate of drug-likeness (QED) is 0.417. The lowest BCUT2D eigenvalue weighted by atomic mass is 9.44. The summed E-state index contributed by atoms with van der Waals surface area (Å²) in [7, 11) is 0. The summed E-state index contributed by atoms with van der Waals surface area (Å²) in [5.41, 5.74) is 3.02. The summed E-state index contributed by atoms with van der Waals surface area (Å²) < 4.78 is 0. The molecule has 2 unspecified atom stereocenters. The van der Waals surface area contributed by atoms with Gasteiger partial charge in [0.15, 0.2) is 0 Å². The first-order chi connectivity index (χ1) is 12.4. The summed E-state index contributed by atoms with van der Waals surface area (Å²) in [6, 6.07) is 0. The number of hydrogen-bond donors (Lipinski definition) is 0. The molecule has 0 heterocycles. The van der Waals surface area contributed by atoms with Crippen LogP contribution in [0.1, 0.15) is 105 Å². The fraction of sp³-hybridized carbons (Fsp3) is 0.923. The van der Waals surface area contributed by atoms with Gasteiger partial charge in [0.1, 0.15) is 0 Å². The number of fused-ring (bicyclic) bond motifs is 5. The van der Waals surface area contributed by atoms with Crippen molar-refractivity contribution in [1.82, 2.24) is 0 Å². The second-order valence-electron chi connectivity index (χ2n) is 11.5. The Hall–Kier alpha value is -0.260. The highest BCUT2D eigenvalue weighted by Crippen LogP contribution is 2.65. The van der Waals surface area contributed by atoms with Gasteiger partial charge >= 0.3 is 0 Å². The second-order valence-corrected chi connectivity index (χ2v) is 11.5. The van der Waals surface area contributed by atoms with Crippen molar-refractivity contribution in [3.63, 3.8) is 0 Å². The normalized spacial score (nSPS) is 53.3. The first kappa shape index (κ1) is 19.1. The maximum Gasteiger partial charge on any atom is -0.00852 e. The average molecular weight is 357 g/mol. The maximum atomic E-state index is 2.70. The minimum absolute atomic E-state index is 0.535. The predicted octanol–water partition coefficient (Wildman–Crippen LogP) is 8.03. The van der Waals surface area contributed by atoms with E-state index in [1.165, 1.54) is 64.2 Å². The van der Waals surface area contributed by atoms with Gasteiger partial charge in [-0.25, -0.2) is 0 Å². The van der Waals surface area contributed by atoms with E-state index in [9.17, 15) is 0 Å². The van der Waals surface area contributed by atoms with Crippen LogP contribution in [0.15, 0.2) is 11.6 Å². The fourth-order valence-corrected chi connectivity index (χ4v) is 8.71. The van der Waals surface area contributed by atoms with Crippen molar-refractivity contribution in [2.24, 2.45) is 46.3 Å². The predicted molar refractivity (Wildman–Crippen MR) is 113 cm³/mol. The molecule has 4 aliphatic rings. The fourth-order valence-electron chi connectivity index (χ4n) is 8.71. The van der Waals surface area contributed by atoms with E-state index >= 15 is 0 Å². The summed E-state index contributed by atoms with van der Waals surface area (Å²) in [6.45, 7) is 12.6. The molecule has 0 aromatic heterocycles. The molecule has 4 rings (SSSR count). The molecule has 4 aliphatic carbocycles. The summed E-state index contributed by atoms with van der Waals surface area (Å²) in [4.78, 5) is 0. The molecule has 0 nitrogen and oxygen atoms in total. The third-order valence-electron chi connectivity index (χ3n) is 10.1. The van der Waals surface area contributed by atoms with Crippen molar-refractivity contribution >= 4 is 0 Å². The lowest BCUT2D eigenvalue weighted by Gasteiger charge is -2.61. The topological polar surface area (TPSA) is 0 Å². The van der Waals surface area contributed by atoms with Crippen LogP contribution in [-0.2, 0) is 0 Å². The van der Waals surface area contributed by atoms with Gasteiger partial charge in [-0.1, -0.05) is 58.6 Å². The minimum atomic E-state index is 0.535. The van der Waals surface area contributed by atoms with E-state index in [2.05, 4.69) is 40.7 Å². The van der Waals surface area contributed by atoms with Gasteiger partial charge in [-0.05, 0) is 105 Å². The van der Waals surface area contributed by atoms with Crippen LogP contribution in [0.3, 0.4) is 0 Å². The molecule has 0 spiro atoms. The Kier molecular flexibility index (Phi) is 5.11. The molecule has 0 heteroatoms. The lowest BCUT2D eigenvalue weighted by Crippen LogP contribution is -2.52. The van der Waals surface area contributed by atoms with E-state index in [1.54, 1.807) is 6.42 Å². The standard InChI is InChI=1S/C26H44/c1-6-19-9-8-10-23-21-12-14-26(5)20(7-2)15-18(3)16-24(26)22(21)11-13-25(23,4)17-19/h7,18-19,21-24H,6,8-17H2,1-5H3/b20-7-/t18-,19+,21?,22-,23-,24?,25-,26-/m1/s1. The lowest BCUT2D eigenvalue weighted by molar-refractivity contribution is -0.0901. The molecule has 0 saturated heterocycles. The van der Waals surface area contributed by atoms with E-state index in [0.717, 1.165) is 35.5 Å². The smallest absolute Gasteiger partial charge is 0.00852 e. The van der Waals surface area contributed by atoms with E-state index in [1.807, 2.05) is 5.57 Å². The Morgan fingerprint density at radius 1 is 1.00 bits per heavy atom. The number of allylic oxidation sites excluding steroid dienone is 2. The van der Waals surface area contributed by atoms with Crippen LogP contribution in [0.2, 0.25) is 0 Å². The maximum absolute atomic E-state index is 2.70. The van der Waals surface area contributed by atoms with Gasteiger partial charge in [-0.2, -0.15) is 0 Å². The molecule has 0 radical (unpaired) electrons. The van der Waals surface area contributed by atoms with Crippen molar-refractivity contribution in [3.05, 3.63) is 11.6 Å². The molecule has 4 saturated carbocycles. The zero-order chi connectivity index (χ0) is 18.5. The van der Waals surface area contributed by atoms with Crippen LogP contribution in [-0.4, -0.2) is 0 Å². The molecule has 8 atom stereocenters. The van der Waals surface area contributed by atoms with E-state index in [-0.39, 0.29) is 0 Å². The third-order valence-corrected chi connectivity index (χ3v) is 10.1. The first-order valence-electron chi connectivity index (χ1n) is 12.1. The van der Waals surface area contributed by atoms with Crippen LogP contribution < -0.4 is 0 Å². The van der Waals surface area contributed by atoms with Gasteiger partial charge in [0.25, 0.3) is 0 Å². The van der Waals surface area contributed by atoms with Gasteiger partial charge in [-0.3, -0.25) is 0 Å². The molecule has 0 amide bonds. The zero-order valence-corrected chi connectivity index (χ0v) is 18.3. The molecule has 0 N–H and O–H groups in total. The Morgan fingerprint density at radius 2 is 1.73 bits per heavy atom. The highest BCUT2D eigenvalue weighted by molar-refractivity contribution is 5.21. The molecule has 0 aromatic rings. The Labute approximate surface area is 163 Å². The average Bonchev–Trinajstić information content (AvgIpc) is 2.80. The van der Waals surface area contributed by atoms with Gasteiger partial charge in [-0.15, -0.1) is 0 Å². The molecule has 26 heavy (non-hydrogen) atoms. The van der Waals surface area contributed by atoms with Crippen molar-refractivity contribution in [2.75, 3.05) is 0 Å². The molecular weight excluding hydrogens is 312 g/mol. The highest BCUT2D eigenvalue weighted by Gasteiger charge is 2.56. The highest BCUT2D eigenvalue weighted by atomic mass is 14.6. The molecular formula is C26H44. The van der Waals surface area contributed by atoms with E-state index in [0.29, 0.717) is 10.8 Å². The zero-order valence-electron chi connectivity index (χ0n) is 18.3. The van der Waals surface area contributed by atoms with Crippen molar-refractivity contribution in [3.8, 4) is 0 Å². The van der Waals surface area contributed by atoms with Crippen molar-refractivity contribution in [2.45, 2.75) is 105 Å². The van der Waals surface area contributed by atoms with Crippen LogP contribution in [0.5, 0.6) is 0 Å². The summed E-state index contributed by atoms with van der Waals surface area (Å²) >= 11 is 0. The Morgan fingerprint density at radius 3 is 2.46 bits per heavy atom. The second kappa shape index (κ2) is 6.97. The van der Waals surface area contributed by atoms with Crippen LogP contribution in [0.4, 0.5) is 0 Å². The summed E-state index contributed by atoms with van der Waals surface area (Å²) in [5.74, 6) is 6.01. The minimum Gasteiger partial charge on any atom is -0.0879 e. The van der Waals surface area contributed by atoms with E-state index in [4.69, 9.17) is 0 Å². The van der Waals surface area contributed by atoms with Gasteiger partial charge in [0, 0.05) is 0 Å². The molecule has 148 valence electrons. The Bertz CT molecular complexity index is 544. The molecule has 0 aromatic carbocycles. The van der Waals surface area contributed by atoms with E-state index < -0.39 is 0 Å². The number of hydrogen-bond acceptors (Lipinski definition) is 0. The summed E-state index contributed by atoms with van der Waals surface area (Å²) in [5, 5.41) is 0. The van der Waals surface area contributed by atoms with Crippen LogP contribution >= 0.6 is 0 Å². The molecule has 0 aliphatic heterocycles. The monoisotopic (exact) mass is 356 g/mol. The molecule has 4 fully saturated rings. The van der Waals surface area contributed by atoms with Gasteiger partial charge in [0.05, 0.1) is 0 Å². The molecule has 0 bridgehead atoms. The van der Waals surface area contributed by atoms with Crippen molar-refractivity contribution < 1.29 is 0 Å². The third kappa shape index (κ3) is 2.93. The largest absolute Gasteiger partial charge is 0.0879 e. The first-order valence-corrected chi connectivity index (χ1v) is 12.1. The SMILES string of the molecule is C/C=C1/C[C@@H](C)CC2[C@@H]3CC[C@]4(C)C[C@@H](CC)CCC[C@@H]4C3CC[C@]12C. The van der Waals surface area contributed by atoms with Gasteiger partial charge in [0.2, 0.25) is 0 Å². The van der Waals surface area contributed by atoms with Crippen LogP contribution in [0, 0.1) is 46.3 Å². The number of rotatable bonds is 1. The Balaban J connectivity index is 1.62. The van der Waals surface area contributed by atoms with Crippen LogP contribution in [0.25, 0.3) is 0 Å². The van der Waals surface area contributed by atoms with Crippen molar-refractivity contribution in [1.29, 1.82) is 0 Å².